The number of nitrogens with one attached hydrogen (secondary N) is 1. The van der Waals surface area contributed by atoms with Crippen LogP contribution in [0.3, 0.4) is 0 Å². The Labute approximate surface area is 145 Å². The highest BCUT2D eigenvalue weighted by atomic mass is 32.1. The molecule has 0 saturated heterocycles. The van der Waals surface area contributed by atoms with E-state index in [0.717, 1.165) is 10.4 Å². The number of carbonyl (C=O) groups is 1. The maximum Gasteiger partial charge on any atom is 0.260 e. The lowest BCUT2D eigenvalue weighted by Crippen LogP contribution is -2.28. The van der Waals surface area contributed by atoms with E-state index in [9.17, 15) is 4.79 Å². The van der Waals surface area contributed by atoms with Gasteiger partial charge in [0, 0.05) is 11.4 Å². The zero-order chi connectivity index (χ0) is 17.2. The predicted octanol–water partition coefficient (Wildman–Crippen LogP) is 2.47. The first-order valence-electron chi connectivity index (χ1n) is 7.39. The van der Waals surface area contributed by atoms with Gasteiger partial charge in [0.15, 0.2) is 18.1 Å². The summed E-state index contributed by atoms with van der Waals surface area (Å²) in [7, 11) is 3.19. The van der Waals surface area contributed by atoms with E-state index < -0.39 is 0 Å². The van der Waals surface area contributed by atoms with Gasteiger partial charge < -0.3 is 19.6 Å². The smallest absolute Gasteiger partial charge is 0.260 e. The van der Waals surface area contributed by atoms with Gasteiger partial charge in [0.2, 0.25) is 0 Å². The molecule has 1 heterocycles. The highest BCUT2D eigenvalue weighted by molar-refractivity contribution is 7.11. The summed E-state index contributed by atoms with van der Waals surface area (Å²) in [5.41, 5.74) is 1.05. The Morgan fingerprint density at radius 2 is 2.08 bits per heavy atom. The van der Waals surface area contributed by atoms with E-state index in [1.165, 1.54) is 0 Å². The maximum absolute atomic E-state index is 11.7. The van der Waals surface area contributed by atoms with E-state index in [-0.39, 0.29) is 12.5 Å². The molecule has 0 saturated carbocycles. The minimum Gasteiger partial charge on any atom is -0.493 e. The van der Waals surface area contributed by atoms with Gasteiger partial charge in [-0.3, -0.25) is 4.79 Å². The number of rotatable bonds is 9. The minimum absolute atomic E-state index is 0.103. The van der Waals surface area contributed by atoms with E-state index in [4.69, 9.17) is 14.3 Å². The number of thiophene rings is 1. The number of amides is 1. The van der Waals surface area contributed by atoms with Crippen molar-refractivity contribution in [1.29, 1.82) is 0 Å². The van der Waals surface area contributed by atoms with Crippen molar-refractivity contribution in [1.82, 2.24) is 5.32 Å². The molecule has 1 amide bonds. The summed E-state index contributed by atoms with van der Waals surface area (Å²) >= 11 is 1.55. The molecule has 6 nitrogen and oxygen atoms in total. The monoisotopic (exact) mass is 348 g/mol. The molecule has 0 aliphatic rings. The standard InChI is InChI=1S/C17H20N2O4S/c1-21-15-6-5-13(10-16(15)22-2)7-8-18-17(20)12-23-19-11-14-4-3-9-24-14/h3-6,9-11H,7-8,12H2,1-2H3,(H,18,20)/b19-11-. The van der Waals surface area contributed by atoms with Crippen LogP contribution in [0.1, 0.15) is 10.4 Å². The second-order valence-electron chi connectivity index (χ2n) is 4.81. The molecule has 1 aromatic carbocycles. The molecule has 0 spiro atoms. The molecule has 1 N–H and O–H groups in total. The van der Waals surface area contributed by atoms with Crippen LogP contribution in [0.15, 0.2) is 40.9 Å². The molecule has 2 rings (SSSR count). The second-order valence-corrected chi connectivity index (χ2v) is 5.79. The Hall–Kier alpha value is -2.54. The second kappa shape index (κ2) is 9.57. The number of benzene rings is 1. The average Bonchev–Trinajstić information content (AvgIpc) is 3.12. The molecule has 0 aliphatic carbocycles. The fourth-order valence-electron chi connectivity index (χ4n) is 1.98. The van der Waals surface area contributed by atoms with Crippen LogP contribution in [-0.2, 0) is 16.1 Å². The molecule has 0 atom stereocenters. The largest absolute Gasteiger partial charge is 0.493 e. The number of ether oxygens (including phenoxy) is 2. The van der Waals surface area contributed by atoms with Crippen molar-refractivity contribution in [3.63, 3.8) is 0 Å². The normalized spacial score (nSPS) is 10.6. The molecular weight excluding hydrogens is 328 g/mol. The SMILES string of the molecule is COc1ccc(CCNC(=O)CO/N=C\c2cccs2)cc1OC. The summed E-state index contributed by atoms with van der Waals surface area (Å²) in [6, 6.07) is 9.52. The molecule has 0 bridgehead atoms. The van der Waals surface area contributed by atoms with Crippen molar-refractivity contribution in [3.05, 3.63) is 46.2 Å². The Balaban J connectivity index is 1.68. The lowest BCUT2D eigenvalue weighted by Gasteiger charge is -2.10. The molecule has 0 fully saturated rings. The van der Waals surface area contributed by atoms with Crippen LogP contribution in [0.4, 0.5) is 0 Å². The summed E-state index contributed by atoms with van der Waals surface area (Å²) in [6.07, 6.45) is 2.27. The third-order valence-corrected chi connectivity index (χ3v) is 3.98. The number of oxime groups is 1. The number of hydrogen-bond donors (Lipinski definition) is 1. The van der Waals surface area contributed by atoms with Gasteiger partial charge in [-0.1, -0.05) is 17.3 Å². The van der Waals surface area contributed by atoms with Crippen LogP contribution in [-0.4, -0.2) is 39.5 Å². The predicted molar refractivity (Wildman–Crippen MR) is 94.1 cm³/mol. The van der Waals surface area contributed by atoms with E-state index in [0.29, 0.717) is 24.5 Å². The quantitative estimate of drug-likeness (QED) is 0.558. The zero-order valence-electron chi connectivity index (χ0n) is 13.7. The van der Waals surface area contributed by atoms with Gasteiger partial charge >= 0.3 is 0 Å². The van der Waals surface area contributed by atoms with Crippen LogP contribution in [0, 0.1) is 0 Å². The first-order chi connectivity index (χ1) is 11.7. The van der Waals surface area contributed by atoms with E-state index >= 15 is 0 Å². The van der Waals surface area contributed by atoms with Gasteiger partial charge in [0.25, 0.3) is 5.91 Å². The third-order valence-electron chi connectivity index (χ3n) is 3.18. The van der Waals surface area contributed by atoms with Crippen molar-refractivity contribution in [2.75, 3.05) is 27.4 Å². The highest BCUT2D eigenvalue weighted by Crippen LogP contribution is 2.27. The van der Waals surface area contributed by atoms with Crippen LogP contribution in [0.25, 0.3) is 0 Å². The van der Waals surface area contributed by atoms with Crippen LogP contribution in [0.5, 0.6) is 11.5 Å². The number of nitrogens with zero attached hydrogens (tertiary/aromatic N) is 1. The Bertz CT molecular complexity index is 671. The number of carbonyl (C=O) groups excluding carboxylic acids is 1. The van der Waals surface area contributed by atoms with E-state index in [1.807, 2.05) is 35.7 Å². The molecule has 24 heavy (non-hydrogen) atoms. The van der Waals surface area contributed by atoms with E-state index in [1.54, 1.807) is 31.8 Å². The maximum atomic E-state index is 11.7. The summed E-state index contributed by atoms with van der Waals surface area (Å²) in [6.45, 7) is 0.403. The van der Waals surface area contributed by atoms with Gasteiger partial charge in [0.1, 0.15) is 0 Å². The fourth-order valence-corrected chi connectivity index (χ4v) is 2.56. The summed E-state index contributed by atoms with van der Waals surface area (Å²) in [4.78, 5) is 17.6. The number of hydrogen-bond acceptors (Lipinski definition) is 6. The zero-order valence-corrected chi connectivity index (χ0v) is 14.5. The Morgan fingerprint density at radius 1 is 1.25 bits per heavy atom. The molecule has 2 aromatic rings. The van der Waals surface area contributed by atoms with Crippen LogP contribution >= 0.6 is 11.3 Å². The van der Waals surface area contributed by atoms with Crippen molar-refractivity contribution < 1.29 is 19.1 Å². The summed E-state index contributed by atoms with van der Waals surface area (Å²) in [5, 5.41) is 8.49. The van der Waals surface area contributed by atoms with Gasteiger partial charge in [-0.15, -0.1) is 11.3 Å². The molecule has 1 aromatic heterocycles. The summed E-state index contributed by atoms with van der Waals surface area (Å²) in [5.74, 6) is 1.15. The average molecular weight is 348 g/mol. The van der Waals surface area contributed by atoms with Crippen LogP contribution in [0.2, 0.25) is 0 Å². The van der Waals surface area contributed by atoms with Crippen LogP contribution < -0.4 is 14.8 Å². The van der Waals surface area contributed by atoms with Crippen molar-refractivity contribution in [2.24, 2.45) is 5.16 Å². The molecule has 0 radical (unpaired) electrons. The molecule has 7 heteroatoms. The van der Waals surface area contributed by atoms with Gasteiger partial charge in [-0.25, -0.2) is 0 Å². The Morgan fingerprint density at radius 3 is 2.79 bits per heavy atom. The molecule has 0 unspecified atom stereocenters. The highest BCUT2D eigenvalue weighted by Gasteiger charge is 2.05. The van der Waals surface area contributed by atoms with Gasteiger partial charge in [0.05, 0.1) is 20.4 Å². The van der Waals surface area contributed by atoms with E-state index in [2.05, 4.69) is 10.5 Å². The molecular formula is C17H20N2O4S. The van der Waals surface area contributed by atoms with Gasteiger partial charge in [-0.2, -0.15) is 0 Å². The van der Waals surface area contributed by atoms with Gasteiger partial charge in [-0.05, 0) is 35.6 Å². The third kappa shape index (κ3) is 5.58. The molecule has 128 valence electrons. The summed E-state index contributed by atoms with van der Waals surface area (Å²) < 4.78 is 10.4. The minimum atomic E-state index is -0.209. The fraction of sp³-hybridized carbons (Fsp3) is 0.294. The number of methoxy groups -OCH3 is 2. The first kappa shape index (κ1) is 17.8. The lowest BCUT2D eigenvalue weighted by atomic mass is 10.1. The van der Waals surface area contributed by atoms with Crippen molar-refractivity contribution in [2.45, 2.75) is 6.42 Å². The first-order valence-corrected chi connectivity index (χ1v) is 8.27. The lowest BCUT2D eigenvalue weighted by molar-refractivity contribution is -0.125. The van der Waals surface area contributed by atoms with Crippen molar-refractivity contribution in [3.8, 4) is 11.5 Å². The Kier molecular flexibility index (Phi) is 7.10. The molecule has 0 aliphatic heterocycles. The topological polar surface area (TPSA) is 69.2 Å². The van der Waals surface area contributed by atoms with Crippen molar-refractivity contribution >= 4 is 23.5 Å².